The van der Waals surface area contributed by atoms with Crippen LogP contribution >= 0.6 is 0 Å². The number of hydrogen-bond acceptors (Lipinski definition) is 4. The van der Waals surface area contributed by atoms with Crippen LogP contribution in [0.25, 0.3) is 0 Å². The van der Waals surface area contributed by atoms with Crippen molar-refractivity contribution in [1.29, 1.82) is 0 Å². The Kier molecular flexibility index (Phi) is 2.84. The first-order valence-electron chi connectivity index (χ1n) is 3.96. The van der Waals surface area contributed by atoms with E-state index in [1.807, 2.05) is 0 Å². The average molecular weight is 186 g/mol. The van der Waals surface area contributed by atoms with Crippen molar-refractivity contribution in [2.75, 3.05) is 34.3 Å². The molecule has 0 aromatic carbocycles. The molecule has 0 fully saturated rings. The van der Waals surface area contributed by atoms with Gasteiger partial charge in [0.05, 0.1) is 18.9 Å². The maximum atomic E-state index is 11.4. The number of amides is 2. The van der Waals surface area contributed by atoms with Crippen molar-refractivity contribution < 1.29 is 9.90 Å². The van der Waals surface area contributed by atoms with Gasteiger partial charge in [0.25, 0.3) is 0 Å². The molecule has 1 aliphatic heterocycles. The number of urea groups is 1. The van der Waals surface area contributed by atoms with Gasteiger partial charge in [0, 0.05) is 21.1 Å². The van der Waals surface area contributed by atoms with E-state index in [4.69, 9.17) is 5.11 Å². The monoisotopic (exact) mass is 186 g/mol. The zero-order chi connectivity index (χ0) is 10.0. The third-order valence-corrected chi connectivity index (χ3v) is 1.79. The Hall–Kier alpha value is -1.14. The first-order chi connectivity index (χ1) is 6.06. The molecule has 0 atom stereocenters. The summed E-state index contributed by atoms with van der Waals surface area (Å²) < 4.78 is 0. The summed E-state index contributed by atoms with van der Waals surface area (Å²) in [5.41, 5.74) is 0.579. The fourth-order valence-corrected chi connectivity index (χ4v) is 1.09. The van der Waals surface area contributed by atoms with Crippen molar-refractivity contribution in [2.45, 2.75) is 0 Å². The minimum absolute atomic E-state index is 0.123. The van der Waals surface area contributed by atoms with E-state index in [1.165, 1.54) is 10.0 Å². The maximum Gasteiger partial charge on any atom is 0.355 e. The first kappa shape index (κ1) is 9.94. The van der Waals surface area contributed by atoms with E-state index in [-0.39, 0.29) is 12.6 Å². The zero-order valence-corrected chi connectivity index (χ0v) is 8.06. The molecule has 0 aromatic rings. The topological polar surface area (TPSA) is 59.4 Å². The zero-order valence-electron chi connectivity index (χ0n) is 8.06. The summed E-state index contributed by atoms with van der Waals surface area (Å²) in [5, 5.41) is 17.2. The van der Waals surface area contributed by atoms with Crippen LogP contribution in [0.15, 0.2) is 5.10 Å². The largest absolute Gasteiger partial charge is 0.390 e. The second-order valence-corrected chi connectivity index (χ2v) is 3.04. The molecule has 0 aliphatic carbocycles. The highest BCUT2D eigenvalue weighted by Crippen LogP contribution is 2.06. The molecule has 0 unspecified atom stereocenters. The number of nitrogens with zero attached hydrogens (tertiary/aromatic N) is 4. The molecular weight excluding hydrogens is 172 g/mol. The van der Waals surface area contributed by atoms with Gasteiger partial charge < -0.3 is 5.11 Å². The molecule has 1 rings (SSSR count). The highest BCUT2D eigenvalue weighted by Gasteiger charge is 2.26. The second-order valence-electron chi connectivity index (χ2n) is 3.04. The lowest BCUT2D eigenvalue weighted by atomic mass is 10.3. The molecule has 0 saturated heterocycles. The molecule has 1 heterocycles. The maximum absolute atomic E-state index is 11.4. The minimum atomic E-state index is -0.192. The summed E-state index contributed by atoms with van der Waals surface area (Å²) in [6, 6.07) is -0.192. The van der Waals surface area contributed by atoms with Gasteiger partial charge >= 0.3 is 6.03 Å². The number of hydrogen-bond donors (Lipinski definition) is 1. The van der Waals surface area contributed by atoms with Crippen molar-refractivity contribution in [3.8, 4) is 0 Å². The molecule has 2 amide bonds. The Morgan fingerprint density at radius 1 is 1.62 bits per heavy atom. The van der Waals surface area contributed by atoms with Gasteiger partial charge in [-0.05, 0) is 0 Å². The number of aliphatic hydroxyl groups excluding tert-OH is 1. The van der Waals surface area contributed by atoms with Crippen molar-refractivity contribution in [1.82, 2.24) is 15.0 Å². The van der Waals surface area contributed by atoms with Gasteiger partial charge in [-0.25, -0.2) is 14.8 Å². The number of aliphatic hydroxyl groups is 1. The summed E-state index contributed by atoms with van der Waals surface area (Å²) in [5.74, 6) is 0. The third kappa shape index (κ3) is 1.96. The SMILES string of the molecule is CN1N=C(CO)CN(N(C)C)C1=O. The average Bonchev–Trinajstić information content (AvgIpc) is 2.09. The van der Waals surface area contributed by atoms with Gasteiger partial charge in [0.2, 0.25) is 0 Å². The van der Waals surface area contributed by atoms with E-state index < -0.39 is 0 Å². The molecule has 0 aromatic heterocycles. The Bertz CT molecular complexity index is 239. The summed E-state index contributed by atoms with van der Waals surface area (Å²) >= 11 is 0. The van der Waals surface area contributed by atoms with Crippen LogP contribution in [0.1, 0.15) is 0 Å². The Labute approximate surface area is 77.0 Å². The Morgan fingerprint density at radius 3 is 2.69 bits per heavy atom. The van der Waals surface area contributed by atoms with Crippen LogP contribution in [0.3, 0.4) is 0 Å². The van der Waals surface area contributed by atoms with E-state index in [9.17, 15) is 4.79 Å². The van der Waals surface area contributed by atoms with Crippen LogP contribution in [-0.4, -0.2) is 66.2 Å². The summed E-state index contributed by atoms with van der Waals surface area (Å²) in [6.07, 6.45) is 0. The molecule has 6 nitrogen and oxygen atoms in total. The van der Waals surface area contributed by atoms with Crippen molar-refractivity contribution in [3.63, 3.8) is 0 Å². The quantitative estimate of drug-likeness (QED) is 0.613. The number of rotatable bonds is 2. The molecule has 0 spiro atoms. The number of hydrazine groups is 1. The summed E-state index contributed by atoms with van der Waals surface area (Å²) in [7, 11) is 5.10. The van der Waals surface area contributed by atoms with E-state index in [1.54, 1.807) is 26.2 Å². The van der Waals surface area contributed by atoms with Gasteiger partial charge in [-0.15, -0.1) is 0 Å². The smallest absolute Gasteiger partial charge is 0.355 e. The minimum Gasteiger partial charge on any atom is -0.390 e. The lowest BCUT2D eigenvalue weighted by molar-refractivity contribution is 0.0497. The predicted molar refractivity (Wildman–Crippen MR) is 48.1 cm³/mol. The standard InChI is InChI=1S/C7H14N4O2/c1-9(2)11-4-6(5-12)8-10(3)7(11)13/h12H,4-5H2,1-3H3. The van der Waals surface area contributed by atoms with Gasteiger partial charge in [-0.3, -0.25) is 5.01 Å². The lowest BCUT2D eigenvalue weighted by Gasteiger charge is -2.34. The molecule has 1 N–H and O–H groups in total. The van der Waals surface area contributed by atoms with Crippen LogP contribution in [0.2, 0.25) is 0 Å². The molecule has 74 valence electrons. The van der Waals surface area contributed by atoms with Crippen molar-refractivity contribution in [3.05, 3.63) is 0 Å². The van der Waals surface area contributed by atoms with Crippen LogP contribution in [0, 0.1) is 0 Å². The highest BCUT2D eigenvalue weighted by molar-refractivity contribution is 5.93. The van der Waals surface area contributed by atoms with E-state index in [2.05, 4.69) is 5.10 Å². The third-order valence-electron chi connectivity index (χ3n) is 1.79. The fourth-order valence-electron chi connectivity index (χ4n) is 1.09. The molecule has 0 bridgehead atoms. The first-order valence-corrected chi connectivity index (χ1v) is 3.96. The van der Waals surface area contributed by atoms with Gasteiger partial charge in [-0.2, -0.15) is 5.10 Å². The van der Waals surface area contributed by atoms with Gasteiger partial charge in [0.15, 0.2) is 0 Å². The van der Waals surface area contributed by atoms with Crippen LogP contribution in [-0.2, 0) is 0 Å². The van der Waals surface area contributed by atoms with Crippen molar-refractivity contribution >= 4 is 11.7 Å². The molecular formula is C7H14N4O2. The number of carbonyl (C=O) groups excluding carboxylic acids is 1. The summed E-state index contributed by atoms with van der Waals surface area (Å²) in [4.78, 5) is 11.4. The van der Waals surface area contributed by atoms with Crippen molar-refractivity contribution in [2.24, 2.45) is 5.10 Å². The van der Waals surface area contributed by atoms with Crippen LogP contribution < -0.4 is 0 Å². The van der Waals surface area contributed by atoms with Gasteiger partial charge in [0.1, 0.15) is 0 Å². The van der Waals surface area contributed by atoms with E-state index >= 15 is 0 Å². The summed E-state index contributed by atoms with van der Waals surface area (Å²) in [6.45, 7) is 0.231. The van der Waals surface area contributed by atoms with Crippen LogP contribution in [0.5, 0.6) is 0 Å². The molecule has 13 heavy (non-hydrogen) atoms. The lowest BCUT2D eigenvalue weighted by Crippen LogP contribution is -2.53. The molecule has 6 heteroatoms. The predicted octanol–water partition coefficient (Wildman–Crippen LogP) is -0.821. The number of hydrazone groups is 1. The van der Waals surface area contributed by atoms with Crippen LogP contribution in [0.4, 0.5) is 4.79 Å². The van der Waals surface area contributed by atoms with E-state index in [0.29, 0.717) is 12.3 Å². The Balaban J connectivity index is 2.81. The normalized spacial score (nSPS) is 18.2. The fraction of sp³-hybridized carbons (Fsp3) is 0.714. The van der Waals surface area contributed by atoms with E-state index in [0.717, 1.165) is 0 Å². The molecule has 0 radical (unpaired) electrons. The van der Waals surface area contributed by atoms with Gasteiger partial charge in [-0.1, -0.05) is 0 Å². The number of carbonyl (C=O) groups is 1. The second kappa shape index (κ2) is 3.71. The highest BCUT2D eigenvalue weighted by atomic mass is 16.3. The Morgan fingerprint density at radius 2 is 2.23 bits per heavy atom. The molecule has 1 aliphatic rings. The molecule has 0 saturated carbocycles.